The van der Waals surface area contributed by atoms with E-state index >= 15 is 0 Å². The highest BCUT2D eigenvalue weighted by Gasteiger charge is 2.32. The number of rotatable bonds is 4. The molecule has 1 N–H and O–H groups in total. The molecule has 1 aromatic rings. The lowest BCUT2D eigenvalue weighted by molar-refractivity contribution is 0.0909. The molecule has 1 aromatic heterocycles. The lowest BCUT2D eigenvalue weighted by Crippen LogP contribution is -2.32. The smallest absolute Gasteiger partial charge is 0.199 e. The van der Waals surface area contributed by atoms with Crippen molar-refractivity contribution in [1.29, 1.82) is 0 Å². The van der Waals surface area contributed by atoms with Crippen molar-refractivity contribution >= 4 is 17.4 Å². The Morgan fingerprint density at radius 3 is 3.12 bits per heavy atom. The molecular weight excluding hydrogens is 242 g/mol. The van der Waals surface area contributed by atoms with Gasteiger partial charge in [-0.05, 0) is 13.3 Å². The van der Waals surface area contributed by atoms with Gasteiger partial charge in [0.05, 0.1) is 23.4 Å². The first-order valence-electron chi connectivity index (χ1n) is 5.69. The molecule has 2 atom stereocenters. The molecule has 0 bridgehead atoms. The highest BCUT2D eigenvalue weighted by Crippen LogP contribution is 2.20. The number of ketones is 1. The quantitative estimate of drug-likeness (QED) is 0.822. The van der Waals surface area contributed by atoms with Gasteiger partial charge in [-0.15, -0.1) is 0 Å². The molecule has 1 aliphatic rings. The largest absolute Gasteiger partial charge is 0.380 e. The number of carbonyl (C=O) groups is 1. The number of Topliss-reactive ketones (excluding diaryl/α,β-unsaturated/α-hetero) is 1. The van der Waals surface area contributed by atoms with Gasteiger partial charge in [0.1, 0.15) is 5.69 Å². The first kappa shape index (κ1) is 12.5. The zero-order valence-corrected chi connectivity index (χ0v) is 10.7. The third-order valence-corrected chi connectivity index (χ3v) is 3.34. The molecule has 1 fully saturated rings. The van der Waals surface area contributed by atoms with Crippen molar-refractivity contribution in [3.8, 4) is 0 Å². The van der Waals surface area contributed by atoms with Gasteiger partial charge in [-0.2, -0.15) is 5.10 Å². The van der Waals surface area contributed by atoms with Crippen LogP contribution in [0.5, 0.6) is 0 Å². The molecule has 1 aliphatic heterocycles. The van der Waals surface area contributed by atoms with Crippen molar-refractivity contribution in [1.82, 2.24) is 15.1 Å². The number of halogens is 1. The molecule has 1 saturated heterocycles. The summed E-state index contributed by atoms with van der Waals surface area (Å²) in [5.41, 5.74) is 0.489. The van der Waals surface area contributed by atoms with E-state index < -0.39 is 0 Å². The van der Waals surface area contributed by atoms with Crippen molar-refractivity contribution in [3.63, 3.8) is 0 Å². The Morgan fingerprint density at radius 1 is 1.76 bits per heavy atom. The normalized spacial score (nSPS) is 24.2. The lowest BCUT2D eigenvalue weighted by atomic mass is 10.1. The minimum Gasteiger partial charge on any atom is -0.380 e. The maximum Gasteiger partial charge on any atom is 0.199 e. The van der Waals surface area contributed by atoms with E-state index in [1.54, 1.807) is 11.8 Å². The Hall–Kier alpha value is -0.910. The van der Waals surface area contributed by atoms with Crippen LogP contribution < -0.4 is 5.32 Å². The fourth-order valence-electron chi connectivity index (χ4n) is 2.09. The van der Waals surface area contributed by atoms with E-state index in [4.69, 9.17) is 16.3 Å². The summed E-state index contributed by atoms with van der Waals surface area (Å²) in [6.45, 7) is 3.26. The second-order valence-corrected chi connectivity index (χ2v) is 4.48. The van der Waals surface area contributed by atoms with Gasteiger partial charge in [-0.3, -0.25) is 9.48 Å². The van der Waals surface area contributed by atoms with Crippen molar-refractivity contribution < 1.29 is 9.53 Å². The Kier molecular flexibility index (Phi) is 3.81. The molecule has 0 aliphatic carbocycles. The van der Waals surface area contributed by atoms with Crippen LogP contribution in [0.1, 0.15) is 23.8 Å². The van der Waals surface area contributed by atoms with Crippen LogP contribution in [0.15, 0.2) is 6.20 Å². The Bertz CT molecular complexity index is 419. The minimum absolute atomic E-state index is 0.00565. The topological polar surface area (TPSA) is 56.2 Å². The number of aryl methyl sites for hydroxylation is 1. The first-order chi connectivity index (χ1) is 8.17. The van der Waals surface area contributed by atoms with Crippen molar-refractivity contribution in [2.45, 2.75) is 32.0 Å². The summed E-state index contributed by atoms with van der Waals surface area (Å²) in [4.78, 5) is 12.3. The van der Waals surface area contributed by atoms with E-state index in [-0.39, 0.29) is 17.9 Å². The summed E-state index contributed by atoms with van der Waals surface area (Å²) >= 11 is 6.00. The standard InChI is InChI=1S/C11H16ClN3O2/c1-3-15-10(8(12)6-14-15)11(16)9-4-7(17-2)5-13-9/h6-7,9,13H,3-5H2,1-2H3. The molecule has 0 amide bonds. The van der Waals surface area contributed by atoms with Gasteiger partial charge in [0.25, 0.3) is 0 Å². The highest BCUT2D eigenvalue weighted by atomic mass is 35.5. The van der Waals surface area contributed by atoms with Crippen LogP contribution in [-0.4, -0.2) is 41.4 Å². The first-order valence-corrected chi connectivity index (χ1v) is 6.06. The maximum absolute atomic E-state index is 12.3. The Balaban J connectivity index is 2.17. The van der Waals surface area contributed by atoms with E-state index in [1.165, 1.54) is 6.20 Å². The van der Waals surface area contributed by atoms with E-state index in [9.17, 15) is 4.79 Å². The van der Waals surface area contributed by atoms with Crippen LogP contribution in [0.3, 0.4) is 0 Å². The third-order valence-electron chi connectivity index (χ3n) is 3.07. The van der Waals surface area contributed by atoms with Gasteiger partial charge in [-0.25, -0.2) is 0 Å². The predicted molar refractivity (Wildman–Crippen MR) is 64.4 cm³/mol. The zero-order valence-electron chi connectivity index (χ0n) is 9.94. The molecule has 0 saturated carbocycles. The summed E-state index contributed by atoms with van der Waals surface area (Å²) in [5, 5.41) is 7.64. The van der Waals surface area contributed by atoms with E-state index in [0.717, 1.165) is 0 Å². The molecule has 0 aromatic carbocycles. The average molecular weight is 258 g/mol. The highest BCUT2D eigenvalue weighted by molar-refractivity contribution is 6.33. The van der Waals surface area contributed by atoms with Gasteiger partial charge in [0, 0.05) is 20.2 Å². The second kappa shape index (κ2) is 5.16. The molecule has 0 spiro atoms. The number of aromatic nitrogens is 2. The number of nitrogens with zero attached hydrogens (tertiary/aromatic N) is 2. The average Bonchev–Trinajstić information content (AvgIpc) is 2.94. The van der Waals surface area contributed by atoms with Crippen LogP contribution in [0.4, 0.5) is 0 Å². The summed E-state index contributed by atoms with van der Waals surface area (Å²) in [7, 11) is 1.66. The van der Waals surface area contributed by atoms with Crippen LogP contribution in [0, 0.1) is 0 Å². The minimum atomic E-state index is -0.223. The summed E-state index contributed by atoms with van der Waals surface area (Å²) in [5.74, 6) is -0.00565. The third kappa shape index (κ3) is 2.36. The van der Waals surface area contributed by atoms with Gasteiger partial charge in [0.2, 0.25) is 0 Å². The summed E-state index contributed by atoms with van der Waals surface area (Å²) < 4.78 is 6.86. The number of hydrogen-bond acceptors (Lipinski definition) is 4. The SMILES string of the molecule is CCn1ncc(Cl)c1C(=O)C1CC(OC)CN1. The molecule has 5 nitrogen and oxygen atoms in total. The fourth-order valence-corrected chi connectivity index (χ4v) is 2.33. The maximum atomic E-state index is 12.3. The van der Waals surface area contributed by atoms with Crippen molar-refractivity contribution in [3.05, 3.63) is 16.9 Å². The van der Waals surface area contributed by atoms with Gasteiger partial charge >= 0.3 is 0 Å². The molecule has 94 valence electrons. The summed E-state index contributed by atoms with van der Waals surface area (Å²) in [6, 6.07) is -0.223. The molecule has 2 unspecified atom stereocenters. The summed E-state index contributed by atoms with van der Waals surface area (Å²) in [6.07, 6.45) is 2.29. The number of carbonyl (C=O) groups excluding carboxylic acids is 1. The fraction of sp³-hybridized carbons (Fsp3) is 0.636. The van der Waals surface area contributed by atoms with Crippen molar-refractivity contribution in [2.75, 3.05) is 13.7 Å². The number of hydrogen-bond donors (Lipinski definition) is 1. The van der Waals surface area contributed by atoms with E-state index in [0.29, 0.717) is 30.2 Å². The molecule has 2 heterocycles. The van der Waals surface area contributed by atoms with Crippen LogP contribution in [-0.2, 0) is 11.3 Å². The Morgan fingerprint density at radius 2 is 2.53 bits per heavy atom. The number of ether oxygens (including phenoxy) is 1. The van der Waals surface area contributed by atoms with Gasteiger partial charge in [0.15, 0.2) is 5.78 Å². The van der Waals surface area contributed by atoms with Gasteiger partial charge < -0.3 is 10.1 Å². The molecule has 17 heavy (non-hydrogen) atoms. The van der Waals surface area contributed by atoms with E-state index in [2.05, 4.69) is 10.4 Å². The van der Waals surface area contributed by atoms with Crippen LogP contribution >= 0.6 is 11.6 Å². The number of nitrogens with one attached hydrogen (secondary N) is 1. The second-order valence-electron chi connectivity index (χ2n) is 4.08. The van der Waals surface area contributed by atoms with E-state index in [1.807, 2.05) is 6.92 Å². The lowest BCUT2D eigenvalue weighted by Gasteiger charge is -2.10. The van der Waals surface area contributed by atoms with Crippen LogP contribution in [0.2, 0.25) is 5.02 Å². The Labute approximate surface area is 105 Å². The van der Waals surface area contributed by atoms with Crippen LogP contribution in [0.25, 0.3) is 0 Å². The zero-order chi connectivity index (χ0) is 12.4. The molecule has 6 heteroatoms. The number of methoxy groups -OCH3 is 1. The van der Waals surface area contributed by atoms with Crippen molar-refractivity contribution in [2.24, 2.45) is 0 Å². The molecule has 0 radical (unpaired) electrons. The molecular formula is C11H16ClN3O2. The van der Waals surface area contributed by atoms with Gasteiger partial charge in [-0.1, -0.05) is 11.6 Å². The predicted octanol–water partition coefficient (Wildman–Crippen LogP) is 1.12. The monoisotopic (exact) mass is 257 g/mol. The molecule has 2 rings (SSSR count).